The summed E-state index contributed by atoms with van der Waals surface area (Å²) < 4.78 is 30.1. The van der Waals surface area contributed by atoms with Crippen LogP contribution in [0.5, 0.6) is 5.75 Å². The Kier molecular flexibility index (Phi) is 7.78. The summed E-state index contributed by atoms with van der Waals surface area (Å²) in [5.41, 5.74) is 1.47. The number of benzene rings is 2. The lowest BCUT2D eigenvalue weighted by atomic mass is 10.2. The van der Waals surface area contributed by atoms with Gasteiger partial charge in [-0.15, -0.1) is 0 Å². The Balaban J connectivity index is 1.47. The monoisotopic (exact) mass is 623 g/mol. The Morgan fingerprint density at radius 2 is 1.80 bits per heavy atom. The summed E-state index contributed by atoms with van der Waals surface area (Å²) in [5, 5.41) is -0.449. The van der Waals surface area contributed by atoms with Crippen molar-refractivity contribution in [1.29, 1.82) is 0 Å². The number of rotatable bonds is 7. The van der Waals surface area contributed by atoms with E-state index >= 15 is 0 Å². The number of amides is 2. The van der Waals surface area contributed by atoms with Crippen LogP contribution >= 0.6 is 43.6 Å². The molecule has 0 unspecified atom stereocenters. The van der Waals surface area contributed by atoms with Gasteiger partial charge < -0.3 is 13.9 Å². The molecular formula is C24H16Br2FNO6S. The van der Waals surface area contributed by atoms with Gasteiger partial charge in [0.25, 0.3) is 11.1 Å². The molecule has 180 valence electrons. The zero-order valence-corrected chi connectivity index (χ0v) is 22.0. The lowest BCUT2D eigenvalue weighted by Crippen LogP contribution is -2.27. The number of esters is 1. The third-order valence-corrected chi connectivity index (χ3v) is 6.94. The van der Waals surface area contributed by atoms with Gasteiger partial charge >= 0.3 is 5.97 Å². The van der Waals surface area contributed by atoms with E-state index in [-0.39, 0.29) is 35.4 Å². The fraction of sp³-hybridized carbons (Fsp3) is 0.125. The highest BCUT2D eigenvalue weighted by Crippen LogP contribution is 2.38. The normalized spacial score (nSPS) is 14.6. The Morgan fingerprint density at radius 3 is 2.46 bits per heavy atom. The van der Waals surface area contributed by atoms with Gasteiger partial charge in [-0.3, -0.25) is 14.5 Å². The predicted molar refractivity (Wildman–Crippen MR) is 134 cm³/mol. The molecule has 0 radical (unpaired) electrons. The van der Waals surface area contributed by atoms with Crippen molar-refractivity contribution < 1.29 is 32.7 Å². The lowest BCUT2D eigenvalue weighted by Gasteiger charge is -2.12. The quantitative estimate of drug-likeness (QED) is 0.218. The molecule has 3 aromatic rings. The van der Waals surface area contributed by atoms with E-state index in [0.717, 1.165) is 22.2 Å². The van der Waals surface area contributed by atoms with E-state index < -0.39 is 17.1 Å². The third-order valence-electron chi connectivity index (χ3n) is 4.85. The van der Waals surface area contributed by atoms with E-state index in [1.54, 1.807) is 30.3 Å². The molecular weight excluding hydrogens is 609 g/mol. The molecule has 2 heterocycles. The number of hydrogen-bond acceptors (Lipinski definition) is 7. The average Bonchev–Trinajstić information content (AvgIpc) is 3.39. The lowest BCUT2D eigenvalue weighted by molar-refractivity contribution is -0.123. The average molecular weight is 625 g/mol. The fourth-order valence-electron chi connectivity index (χ4n) is 3.15. The van der Waals surface area contributed by atoms with Crippen molar-refractivity contribution in [2.75, 3.05) is 7.11 Å². The molecule has 1 aromatic heterocycles. The smallest absolute Gasteiger partial charge is 0.373 e. The number of ether oxygens (including phenoxy) is 2. The molecule has 0 spiro atoms. The number of hydrogen-bond donors (Lipinski definition) is 0. The number of carbonyl (C=O) groups excluding carboxylic acids is 3. The molecule has 1 aliphatic heterocycles. The van der Waals surface area contributed by atoms with E-state index in [0.29, 0.717) is 20.3 Å². The highest BCUT2D eigenvalue weighted by molar-refractivity contribution is 9.11. The van der Waals surface area contributed by atoms with E-state index in [4.69, 9.17) is 9.15 Å². The van der Waals surface area contributed by atoms with E-state index in [9.17, 15) is 18.8 Å². The van der Waals surface area contributed by atoms with Crippen LogP contribution in [0.1, 0.15) is 27.4 Å². The molecule has 0 saturated carbocycles. The van der Waals surface area contributed by atoms with Gasteiger partial charge in [0.2, 0.25) is 5.76 Å². The first-order valence-corrected chi connectivity index (χ1v) is 12.4. The summed E-state index contributed by atoms with van der Waals surface area (Å²) in [6, 6.07) is 12.5. The second-order valence-corrected chi connectivity index (χ2v) is 9.96. The summed E-state index contributed by atoms with van der Waals surface area (Å²) in [6.07, 6.45) is 1.60. The van der Waals surface area contributed by atoms with Gasteiger partial charge in [0.15, 0.2) is 0 Å². The number of imide groups is 1. The van der Waals surface area contributed by atoms with Crippen molar-refractivity contribution in [2.24, 2.45) is 0 Å². The Labute approximate surface area is 220 Å². The van der Waals surface area contributed by atoms with Crippen LogP contribution in [-0.4, -0.2) is 29.1 Å². The molecule has 0 aliphatic carbocycles. The maximum absolute atomic E-state index is 13.1. The maximum atomic E-state index is 13.1. The van der Waals surface area contributed by atoms with Crippen LogP contribution in [0.2, 0.25) is 0 Å². The summed E-state index contributed by atoms with van der Waals surface area (Å²) in [7, 11) is 1.23. The van der Waals surface area contributed by atoms with Crippen LogP contribution < -0.4 is 4.74 Å². The van der Waals surface area contributed by atoms with Gasteiger partial charge in [-0.2, -0.15) is 0 Å². The largest absolute Gasteiger partial charge is 0.487 e. The molecule has 0 atom stereocenters. The fourth-order valence-corrected chi connectivity index (χ4v) is 5.44. The van der Waals surface area contributed by atoms with Crippen molar-refractivity contribution >= 4 is 66.8 Å². The summed E-state index contributed by atoms with van der Waals surface area (Å²) >= 11 is 7.75. The molecule has 2 aromatic carbocycles. The van der Waals surface area contributed by atoms with Crippen molar-refractivity contribution in [3.05, 3.63) is 90.8 Å². The van der Waals surface area contributed by atoms with E-state index in [1.807, 2.05) is 0 Å². The second-order valence-electron chi connectivity index (χ2n) is 7.25. The molecule has 11 heteroatoms. The number of nitrogens with zero attached hydrogens (tertiary/aromatic N) is 1. The maximum Gasteiger partial charge on any atom is 0.373 e. The van der Waals surface area contributed by atoms with Crippen molar-refractivity contribution in [1.82, 2.24) is 4.90 Å². The van der Waals surface area contributed by atoms with Gasteiger partial charge in [-0.05, 0) is 97.2 Å². The van der Waals surface area contributed by atoms with Gasteiger partial charge in [0, 0.05) is 0 Å². The molecule has 0 bridgehead atoms. The predicted octanol–water partition coefficient (Wildman–Crippen LogP) is 6.55. The molecule has 4 rings (SSSR count). The SMILES string of the molecule is COC(=O)c1ccc(CN2C(=O)S/C(=C/c3cc(Br)c(OCc4ccc(F)cc4)c(Br)c3)C2=O)o1. The number of furan rings is 1. The van der Waals surface area contributed by atoms with Crippen molar-refractivity contribution in [3.8, 4) is 5.75 Å². The van der Waals surface area contributed by atoms with Crippen LogP contribution in [0, 0.1) is 5.82 Å². The van der Waals surface area contributed by atoms with Crippen LogP contribution in [0.3, 0.4) is 0 Å². The summed E-state index contributed by atoms with van der Waals surface area (Å²) in [4.78, 5) is 38.1. The molecule has 1 aliphatic rings. The van der Waals surface area contributed by atoms with E-state index in [1.165, 1.54) is 31.4 Å². The molecule has 0 N–H and O–H groups in total. The van der Waals surface area contributed by atoms with Crippen molar-refractivity contribution in [2.45, 2.75) is 13.2 Å². The second kappa shape index (κ2) is 10.8. The first-order valence-electron chi connectivity index (χ1n) is 10.0. The highest BCUT2D eigenvalue weighted by Gasteiger charge is 2.36. The van der Waals surface area contributed by atoms with Gasteiger partial charge in [0.05, 0.1) is 27.5 Å². The molecule has 2 amide bonds. The van der Waals surface area contributed by atoms with E-state index in [2.05, 4.69) is 36.6 Å². The Bertz CT molecular complexity index is 1320. The summed E-state index contributed by atoms with van der Waals surface area (Å²) in [5.74, 6) is -0.631. The Morgan fingerprint density at radius 1 is 1.11 bits per heavy atom. The number of thioether (sulfide) groups is 1. The summed E-state index contributed by atoms with van der Waals surface area (Å²) in [6.45, 7) is 0.128. The van der Waals surface area contributed by atoms with Crippen molar-refractivity contribution in [3.63, 3.8) is 0 Å². The first-order chi connectivity index (χ1) is 16.7. The molecule has 35 heavy (non-hydrogen) atoms. The van der Waals surface area contributed by atoms with Gasteiger partial charge in [-0.1, -0.05) is 12.1 Å². The van der Waals surface area contributed by atoms with Crippen LogP contribution in [0.25, 0.3) is 6.08 Å². The minimum absolute atomic E-state index is 0.0125. The minimum Gasteiger partial charge on any atom is -0.487 e. The zero-order chi connectivity index (χ0) is 25.1. The third kappa shape index (κ3) is 5.85. The first kappa shape index (κ1) is 25.2. The zero-order valence-electron chi connectivity index (χ0n) is 18.0. The number of halogens is 3. The van der Waals surface area contributed by atoms with Gasteiger partial charge in [0.1, 0.15) is 23.9 Å². The topological polar surface area (TPSA) is 86.0 Å². The van der Waals surface area contributed by atoms with Crippen LogP contribution in [-0.2, 0) is 22.7 Å². The highest BCUT2D eigenvalue weighted by atomic mass is 79.9. The standard InChI is InChI=1S/C24H16Br2FNO6S/c1-32-23(30)19-7-6-16(34-19)11-28-22(29)20(35-24(28)31)10-14-8-17(25)21(18(26)9-14)33-12-13-2-4-15(27)5-3-13/h2-10H,11-12H2,1H3/b20-10+. The van der Waals surface area contributed by atoms with Gasteiger partial charge in [-0.25, -0.2) is 9.18 Å². The van der Waals surface area contributed by atoms with Crippen LogP contribution in [0.15, 0.2) is 66.8 Å². The van der Waals surface area contributed by atoms with Crippen LogP contribution in [0.4, 0.5) is 9.18 Å². The Hall–Kier alpha value is -2.89. The minimum atomic E-state index is -0.647. The molecule has 7 nitrogen and oxygen atoms in total. The number of carbonyl (C=O) groups is 3. The number of methoxy groups -OCH3 is 1. The molecule has 1 saturated heterocycles. The molecule has 1 fully saturated rings.